The number of aromatic nitrogens is 2. The molecular formula is C23H29N5O2. The van der Waals surface area contributed by atoms with Crippen LogP contribution >= 0.6 is 0 Å². The Hall–Kier alpha value is -2.40. The number of β-amino-alcohol motifs (C(OH)–C–C–N with tert-alkyl or cyclic N) is 1. The molecule has 7 nitrogen and oxygen atoms in total. The Morgan fingerprint density at radius 1 is 1.17 bits per heavy atom. The van der Waals surface area contributed by atoms with Crippen LogP contribution in [-0.2, 0) is 19.6 Å². The highest BCUT2D eigenvalue weighted by molar-refractivity contribution is 5.27. The normalized spacial score (nSPS) is 26.9. The quantitative estimate of drug-likeness (QED) is 0.804. The van der Waals surface area contributed by atoms with E-state index in [9.17, 15) is 9.90 Å². The third-order valence-electron chi connectivity index (χ3n) is 6.90. The number of likely N-dealkylation sites (tertiary alicyclic amines) is 2. The number of rotatable bonds is 4. The highest BCUT2D eigenvalue weighted by atomic mass is 16.3. The number of nitrogens with one attached hydrogen (secondary N) is 1. The number of nitriles is 1. The molecule has 2 fully saturated rings. The molecule has 0 spiro atoms. The number of H-pyrrole nitrogens is 1. The average Bonchev–Trinajstić information content (AvgIpc) is 3.18. The van der Waals surface area contributed by atoms with E-state index < -0.39 is 0 Å². The number of aromatic amines is 1. The second kappa shape index (κ2) is 8.03. The lowest BCUT2D eigenvalue weighted by Gasteiger charge is -2.43. The Labute approximate surface area is 176 Å². The van der Waals surface area contributed by atoms with Gasteiger partial charge in [0.15, 0.2) is 0 Å². The van der Waals surface area contributed by atoms with Crippen LogP contribution in [0.1, 0.15) is 47.7 Å². The minimum Gasteiger partial charge on any atom is -0.392 e. The maximum Gasteiger partial charge on any atom is 0.255 e. The highest BCUT2D eigenvalue weighted by Crippen LogP contribution is 2.35. The highest BCUT2D eigenvalue weighted by Gasteiger charge is 2.35. The van der Waals surface area contributed by atoms with Gasteiger partial charge >= 0.3 is 0 Å². The number of hydrogen-bond acceptors (Lipinski definition) is 5. The summed E-state index contributed by atoms with van der Waals surface area (Å²) in [7, 11) is 0. The van der Waals surface area contributed by atoms with Crippen LogP contribution in [0.3, 0.4) is 0 Å². The number of piperidine rings is 2. The number of pyridine rings is 1. The standard InChI is InChI=1S/C23H29N5O2/c24-8-20-7-16(9-25-20)10-27-11-17-6-19(14-27)22-4-3-18(23(30)28(22)12-17)13-26-5-1-2-21(29)15-26/h3-4,7,9,17,19,21,25,29H,1-2,5-6,10-15H2/t17-,19+,21-/m0/s1. The van der Waals surface area contributed by atoms with Gasteiger partial charge in [-0.05, 0) is 49.4 Å². The van der Waals surface area contributed by atoms with Gasteiger partial charge in [0, 0.05) is 62.6 Å². The fraction of sp³-hybridized carbons (Fsp3) is 0.565. The first-order valence-electron chi connectivity index (χ1n) is 11.0. The maximum atomic E-state index is 13.2. The summed E-state index contributed by atoms with van der Waals surface area (Å²) < 4.78 is 2.02. The third-order valence-corrected chi connectivity index (χ3v) is 6.90. The number of hydrogen-bond donors (Lipinski definition) is 2. The van der Waals surface area contributed by atoms with Gasteiger partial charge in [0.1, 0.15) is 11.8 Å². The predicted molar refractivity (Wildman–Crippen MR) is 113 cm³/mol. The Kier molecular flexibility index (Phi) is 5.23. The summed E-state index contributed by atoms with van der Waals surface area (Å²) in [5, 5.41) is 18.9. The van der Waals surface area contributed by atoms with Crippen molar-refractivity contribution >= 4 is 0 Å². The Bertz CT molecular complexity index is 1020. The SMILES string of the molecule is N#Cc1cc(CN2C[C@@H]3C[C@H](C2)c2ccc(CN4CCC[C@H](O)C4)c(=O)n2C3)c[nH]1. The Morgan fingerprint density at radius 3 is 2.87 bits per heavy atom. The summed E-state index contributed by atoms with van der Waals surface area (Å²) in [5.74, 6) is 0.862. The lowest BCUT2D eigenvalue weighted by molar-refractivity contribution is 0.0663. The van der Waals surface area contributed by atoms with Gasteiger partial charge in [-0.15, -0.1) is 0 Å². The molecule has 0 aromatic carbocycles. The van der Waals surface area contributed by atoms with Crippen molar-refractivity contribution in [2.75, 3.05) is 26.2 Å². The summed E-state index contributed by atoms with van der Waals surface area (Å²) >= 11 is 0. The first kappa shape index (κ1) is 19.6. The van der Waals surface area contributed by atoms with Gasteiger partial charge in [0.25, 0.3) is 5.56 Å². The number of aliphatic hydroxyl groups excluding tert-OH is 1. The van der Waals surface area contributed by atoms with E-state index in [0.717, 1.165) is 68.8 Å². The molecule has 5 rings (SSSR count). The van der Waals surface area contributed by atoms with E-state index in [2.05, 4.69) is 26.9 Å². The zero-order chi connectivity index (χ0) is 20.7. The zero-order valence-electron chi connectivity index (χ0n) is 17.3. The maximum absolute atomic E-state index is 13.2. The molecule has 158 valence electrons. The molecule has 3 atom stereocenters. The summed E-state index contributed by atoms with van der Waals surface area (Å²) in [4.78, 5) is 20.9. The van der Waals surface area contributed by atoms with Crippen molar-refractivity contribution in [3.05, 3.63) is 57.3 Å². The number of nitrogens with zero attached hydrogens (tertiary/aromatic N) is 4. The van der Waals surface area contributed by atoms with Gasteiger partial charge in [-0.2, -0.15) is 5.26 Å². The van der Waals surface area contributed by atoms with Crippen molar-refractivity contribution in [2.24, 2.45) is 5.92 Å². The van der Waals surface area contributed by atoms with Crippen molar-refractivity contribution < 1.29 is 5.11 Å². The predicted octanol–water partition coefficient (Wildman–Crippen LogP) is 1.62. The topological polar surface area (TPSA) is 88.3 Å². The van der Waals surface area contributed by atoms with Crippen LogP contribution in [0.25, 0.3) is 0 Å². The van der Waals surface area contributed by atoms with E-state index in [4.69, 9.17) is 5.26 Å². The van der Waals surface area contributed by atoms with Crippen LogP contribution in [0.2, 0.25) is 0 Å². The van der Waals surface area contributed by atoms with Crippen molar-refractivity contribution in [3.8, 4) is 6.07 Å². The number of aliphatic hydroxyl groups is 1. The molecule has 2 aromatic rings. The largest absolute Gasteiger partial charge is 0.392 e. The van der Waals surface area contributed by atoms with Gasteiger partial charge in [-0.3, -0.25) is 14.6 Å². The molecule has 30 heavy (non-hydrogen) atoms. The van der Waals surface area contributed by atoms with E-state index in [1.807, 2.05) is 22.9 Å². The fourth-order valence-corrected chi connectivity index (χ4v) is 5.61. The van der Waals surface area contributed by atoms with Crippen molar-refractivity contribution in [3.63, 3.8) is 0 Å². The molecule has 0 amide bonds. The molecule has 5 heterocycles. The molecule has 0 aliphatic carbocycles. The van der Waals surface area contributed by atoms with Gasteiger partial charge in [0.2, 0.25) is 0 Å². The lowest BCUT2D eigenvalue weighted by atomic mass is 9.83. The second-order valence-corrected chi connectivity index (χ2v) is 9.26. The van der Waals surface area contributed by atoms with E-state index in [0.29, 0.717) is 30.6 Å². The van der Waals surface area contributed by atoms with Crippen molar-refractivity contribution in [1.29, 1.82) is 5.26 Å². The van der Waals surface area contributed by atoms with Crippen LogP contribution in [0, 0.1) is 17.2 Å². The van der Waals surface area contributed by atoms with Gasteiger partial charge in [0.05, 0.1) is 6.10 Å². The minimum atomic E-state index is -0.270. The molecule has 0 unspecified atom stereocenters. The van der Waals surface area contributed by atoms with Crippen LogP contribution in [0.4, 0.5) is 0 Å². The molecule has 3 aliphatic heterocycles. The van der Waals surface area contributed by atoms with Gasteiger partial charge in [-0.25, -0.2) is 0 Å². The monoisotopic (exact) mass is 407 g/mol. The van der Waals surface area contributed by atoms with Gasteiger partial charge in [-0.1, -0.05) is 6.07 Å². The van der Waals surface area contributed by atoms with E-state index in [-0.39, 0.29) is 11.7 Å². The minimum absolute atomic E-state index is 0.153. The fourth-order valence-electron chi connectivity index (χ4n) is 5.61. The first-order valence-corrected chi connectivity index (χ1v) is 11.0. The first-order chi connectivity index (χ1) is 14.6. The second-order valence-electron chi connectivity index (χ2n) is 9.26. The summed E-state index contributed by atoms with van der Waals surface area (Å²) in [6.45, 7) is 5.79. The van der Waals surface area contributed by atoms with Crippen LogP contribution in [0.5, 0.6) is 0 Å². The molecule has 2 aromatic heterocycles. The van der Waals surface area contributed by atoms with E-state index >= 15 is 0 Å². The summed E-state index contributed by atoms with van der Waals surface area (Å²) in [6.07, 6.45) is 4.65. The van der Waals surface area contributed by atoms with E-state index in [1.54, 1.807) is 0 Å². The molecule has 3 aliphatic rings. The van der Waals surface area contributed by atoms with Crippen LogP contribution < -0.4 is 5.56 Å². The summed E-state index contributed by atoms with van der Waals surface area (Å²) in [5.41, 5.74) is 3.91. The number of fused-ring (bicyclic) bond motifs is 4. The molecule has 2 N–H and O–H groups in total. The van der Waals surface area contributed by atoms with Gasteiger partial charge < -0.3 is 14.7 Å². The third kappa shape index (κ3) is 3.83. The summed E-state index contributed by atoms with van der Waals surface area (Å²) in [6, 6.07) is 8.25. The lowest BCUT2D eigenvalue weighted by Crippen LogP contribution is -2.47. The Morgan fingerprint density at radius 2 is 2.07 bits per heavy atom. The van der Waals surface area contributed by atoms with Crippen molar-refractivity contribution in [2.45, 2.75) is 50.9 Å². The van der Waals surface area contributed by atoms with Crippen LogP contribution in [-0.4, -0.2) is 56.7 Å². The van der Waals surface area contributed by atoms with Crippen LogP contribution in [0.15, 0.2) is 29.2 Å². The molecule has 2 saturated heterocycles. The van der Waals surface area contributed by atoms with E-state index in [1.165, 1.54) is 0 Å². The van der Waals surface area contributed by atoms with Crippen molar-refractivity contribution in [1.82, 2.24) is 19.4 Å². The molecule has 2 bridgehead atoms. The smallest absolute Gasteiger partial charge is 0.255 e. The molecule has 0 saturated carbocycles. The zero-order valence-corrected chi connectivity index (χ0v) is 17.3. The average molecular weight is 408 g/mol. The Balaban J connectivity index is 1.32. The molecule has 7 heteroatoms. The molecule has 0 radical (unpaired) electrons. The molecular weight excluding hydrogens is 378 g/mol.